The maximum Gasteiger partial charge on any atom is 0.216 e. The Bertz CT molecular complexity index is 111. The SMILES string of the molecule is NCOOCCN(C=O)C=O. The summed E-state index contributed by atoms with van der Waals surface area (Å²) in [5, 5.41) is 0. The molecule has 0 radical (unpaired) electrons. The van der Waals surface area contributed by atoms with Crippen LogP contribution in [0.5, 0.6) is 0 Å². The average Bonchev–Trinajstić information content (AvgIpc) is 2.05. The van der Waals surface area contributed by atoms with E-state index in [1.165, 1.54) is 0 Å². The van der Waals surface area contributed by atoms with Gasteiger partial charge in [0.25, 0.3) is 0 Å². The van der Waals surface area contributed by atoms with Crippen LogP contribution in [0.15, 0.2) is 0 Å². The summed E-state index contributed by atoms with van der Waals surface area (Å²) in [6, 6.07) is 0. The van der Waals surface area contributed by atoms with E-state index in [9.17, 15) is 9.59 Å². The number of carbonyl (C=O) groups excluding carboxylic acids is 2. The van der Waals surface area contributed by atoms with Crippen LogP contribution in [0, 0.1) is 0 Å². The van der Waals surface area contributed by atoms with Gasteiger partial charge in [0.2, 0.25) is 12.8 Å². The van der Waals surface area contributed by atoms with Gasteiger partial charge in [0, 0.05) is 0 Å². The number of carbonyl (C=O) groups is 2. The number of hydrogen-bond acceptors (Lipinski definition) is 5. The van der Waals surface area contributed by atoms with E-state index in [4.69, 9.17) is 5.73 Å². The molecule has 0 heterocycles. The van der Waals surface area contributed by atoms with Crippen molar-refractivity contribution in [2.75, 3.05) is 19.9 Å². The molecule has 2 amide bonds. The van der Waals surface area contributed by atoms with Gasteiger partial charge in [0.1, 0.15) is 13.3 Å². The molecular formula is C5H10N2O4. The molecule has 0 aromatic heterocycles. The summed E-state index contributed by atoms with van der Waals surface area (Å²) in [5.74, 6) is 0. The van der Waals surface area contributed by atoms with Gasteiger partial charge in [-0.2, -0.15) is 0 Å². The maximum absolute atomic E-state index is 9.97. The molecule has 0 fully saturated rings. The van der Waals surface area contributed by atoms with E-state index in [2.05, 4.69) is 9.78 Å². The average molecular weight is 162 g/mol. The van der Waals surface area contributed by atoms with E-state index in [-0.39, 0.29) is 19.9 Å². The van der Waals surface area contributed by atoms with E-state index < -0.39 is 0 Å². The maximum atomic E-state index is 9.97. The lowest BCUT2D eigenvalue weighted by Gasteiger charge is -2.07. The van der Waals surface area contributed by atoms with Crippen molar-refractivity contribution in [1.29, 1.82) is 0 Å². The van der Waals surface area contributed by atoms with Crippen LogP contribution in [0.2, 0.25) is 0 Å². The number of amides is 2. The standard InChI is InChI=1S/C5H10N2O4/c6-3-11-10-2-1-7(4-8)5-9/h4-5H,1-3,6H2. The van der Waals surface area contributed by atoms with Crippen molar-refractivity contribution in [2.24, 2.45) is 5.73 Å². The van der Waals surface area contributed by atoms with Crippen molar-refractivity contribution >= 4 is 12.8 Å². The Balaban J connectivity index is 3.21. The predicted octanol–water partition coefficient (Wildman–Crippen LogP) is -1.53. The smallest absolute Gasteiger partial charge is 0.216 e. The zero-order valence-electron chi connectivity index (χ0n) is 5.93. The van der Waals surface area contributed by atoms with Crippen molar-refractivity contribution < 1.29 is 19.4 Å². The van der Waals surface area contributed by atoms with Crippen LogP contribution >= 0.6 is 0 Å². The molecule has 11 heavy (non-hydrogen) atoms. The molecule has 6 nitrogen and oxygen atoms in total. The molecular weight excluding hydrogens is 152 g/mol. The third-order valence-electron chi connectivity index (χ3n) is 0.855. The lowest BCUT2D eigenvalue weighted by molar-refractivity contribution is -0.293. The molecule has 0 saturated heterocycles. The van der Waals surface area contributed by atoms with Gasteiger partial charge in [-0.15, -0.1) is 0 Å². The Labute approximate surface area is 63.8 Å². The summed E-state index contributed by atoms with van der Waals surface area (Å²) < 4.78 is 0. The highest BCUT2D eigenvalue weighted by molar-refractivity contribution is 5.68. The molecule has 0 aliphatic heterocycles. The number of hydrogen-bond donors (Lipinski definition) is 1. The van der Waals surface area contributed by atoms with E-state index in [0.717, 1.165) is 4.90 Å². The molecule has 0 aliphatic rings. The van der Waals surface area contributed by atoms with Crippen LogP contribution < -0.4 is 5.73 Å². The van der Waals surface area contributed by atoms with Gasteiger partial charge in [0.15, 0.2) is 0 Å². The van der Waals surface area contributed by atoms with E-state index in [1.807, 2.05) is 0 Å². The highest BCUT2D eigenvalue weighted by Gasteiger charge is 1.97. The van der Waals surface area contributed by atoms with Crippen LogP contribution in [0.4, 0.5) is 0 Å². The first-order valence-electron chi connectivity index (χ1n) is 2.96. The quantitative estimate of drug-likeness (QED) is 0.161. The molecule has 0 aromatic carbocycles. The molecule has 0 bridgehead atoms. The molecule has 0 spiro atoms. The topological polar surface area (TPSA) is 81.9 Å². The first-order chi connectivity index (χ1) is 5.35. The van der Waals surface area contributed by atoms with E-state index in [0.29, 0.717) is 12.8 Å². The molecule has 0 aliphatic carbocycles. The molecule has 0 saturated carbocycles. The van der Waals surface area contributed by atoms with Gasteiger partial charge < -0.3 is 5.73 Å². The van der Waals surface area contributed by atoms with Crippen LogP contribution in [-0.2, 0) is 19.4 Å². The molecule has 0 rings (SSSR count). The molecule has 6 heteroatoms. The van der Waals surface area contributed by atoms with Crippen molar-refractivity contribution in [3.63, 3.8) is 0 Å². The Hall–Kier alpha value is -0.980. The Morgan fingerprint density at radius 2 is 1.91 bits per heavy atom. The van der Waals surface area contributed by atoms with E-state index >= 15 is 0 Å². The zero-order valence-corrected chi connectivity index (χ0v) is 5.93. The number of nitrogens with zero attached hydrogens (tertiary/aromatic N) is 1. The molecule has 2 N–H and O–H groups in total. The van der Waals surface area contributed by atoms with Gasteiger partial charge >= 0.3 is 0 Å². The minimum Gasteiger partial charge on any atom is -0.306 e. The fourth-order valence-electron chi connectivity index (χ4n) is 0.380. The largest absolute Gasteiger partial charge is 0.306 e. The summed E-state index contributed by atoms with van der Waals surface area (Å²) in [4.78, 5) is 29.6. The molecule has 0 aromatic rings. The number of nitrogens with two attached hydrogens (primary N) is 1. The molecule has 0 atom stereocenters. The minimum atomic E-state index is -0.0534. The highest BCUT2D eigenvalue weighted by atomic mass is 17.2. The summed E-state index contributed by atoms with van der Waals surface area (Å²) in [7, 11) is 0. The summed E-state index contributed by atoms with van der Waals surface area (Å²) in [6.45, 7) is 0.226. The lowest BCUT2D eigenvalue weighted by Crippen LogP contribution is -2.24. The van der Waals surface area contributed by atoms with Crippen LogP contribution in [0.3, 0.4) is 0 Å². The summed E-state index contributed by atoms with van der Waals surface area (Å²) in [5.41, 5.74) is 4.91. The Morgan fingerprint density at radius 3 is 2.36 bits per heavy atom. The normalized spacial score (nSPS) is 9.18. The van der Waals surface area contributed by atoms with Crippen LogP contribution in [0.25, 0.3) is 0 Å². The first-order valence-corrected chi connectivity index (χ1v) is 2.96. The van der Waals surface area contributed by atoms with Gasteiger partial charge in [-0.25, -0.2) is 9.78 Å². The fraction of sp³-hybridized carbons (Fsp3) is 0.600. The summed E-state index contributed by atoms with van der Waals surface area (Å²) >= 11 is 0. The zero-order chi connectivity index (χ0) is 8.53. The van der Waals surface area contributed by atoms with E-state index in [1.54, 1.807) is 0 Å². The second-order valence-corrected chi connectivity index (χ2v) is 1.56. The Kier molecular flexibility index (Phi) is 6.50. The number of rotatable bonds is 7. The fourth-order valence-corrected chi connectivity index (χ4v) is 0.380. The Morgan fingerprint density at radius 1 is 1.27 bits per heavy atom. The van der Waals surface area contributed by atoms with Crippen molar-refractivity contribution in [3.8, 4) is 0 Å². The second kappa shape index (κ2) is 7.13. The van der Waals surface area contributed by atoms with Crippen LogP contribution in [-0.4, -0.2) is 37.6 Å². The van der Waals surface area contributed by atoms with Gasteiger partial charge in [-0.3, -0.25) is 14.5 Å². The van der Waals surface area contributed by atoms with Gasteiger partial charge in [-0.1, -0.05) is 0 Å². The minimum absolute atomic E-state index is 0.0534. The predicted molar refractivity (Wildman–Crippen MR) is 34.9 cm³/mol. The molecule has 64 valence electrons. The third kappa shape index (κ3) is 5.46. The van der Waals surface area contributed by atoms with Crippen molar-refractivity contribution in [1.82, 2.24) is 4.90 Å². The first kappa shape index (κ1) is 10.0. The molecule has 0 unspecified atom stereocenters. The van der Waals surface area contributed by atoms with Gasteiger partial charge in [0.05, 0.1) is 6.54 Å². The summed E-state index contributed by atoms with van der Waals surface area (Å²) in [6.07, 6.45) is 0.803. The monoisotopic (exact) mass is 162 g/mol. The van der Waals surface area contributed by atoms with Crippen molar-refractivity contribution in [3.05, 3.63) is 0 Å². The highest BCUT2D eigenvalue weighted by Crippen LogP contribution is 1.79. The lowest BCUT2D eigenvalue weighted by atomic mass is 10.6. The van der Waals surface area contributed by atoms with Crippen molar-refractivity contribution in [2.45, 2.75) is 0 Å². The third-order valence-corrected chi connectivity index (χ3v) is 0.855. The van der Waals surface area contributed by atoms with Gasteiger partial charge in [-0.05, 0) is 0 Å². The second-order valence-electron chi connectivity index (χ2n) is 1.56. The number of imide groups is 1. The van der Waals surface area contributed by atoms with Crippen LogP contribution in [0.1, 0.15) is 0 Å².